The van der Waals surface area contributed by atoms with E-state index >= 15 is 0 Å². The van der Waals surface area contributed by atoms with Crippen LogP contribution >= 0.6 is 15.9 Å². The van der Waals surface area contributed by atoms with Crippen LogP contribution in [0.15, 0.2) is 40.9 Å². The highest BCUT2D eigenvalue weighted by atomic mass is 79.9. The summed E-state index contributed by atoms with van der Waals surface area (Å²) in [5.41, 5.74) is 2.24. The summed E-state index contributed by atoms with van der Waals surface area (Å²) < 4.78 is 11.4. The Balaban J connectivity index is 1.99. The minimum atomic E-state index is -0.0998. The Bertz CT molecular complexity index is 772. The first-order chi connectivity index (χ1) is 11.9. The van der Waals surface area contributed by atoms with Gasteiger partial charge in [0.05, 0.1) is 14.2 Å². The number of amides is 1. The van der Waals surface area contributed by atoms with E-state index in [-0.39, 0.29) is 11.7 Å². The topological polar surface area (TPSA) is 64.6 Å². The maximum atomic E-state index is 12.1. The molecule has 0 bridgehead atoms. The fourth-order valence-electron chi connectivity index (χ4n) is 2.35. The standard InChI is InChI=1S/C19H20BrNO4/c1-12(22)13-4-7-15(8-5-13)21-19(23)9-6-14-10-17(24-2)18(25-3)11-16(14)20/h4-5,7-8,10-11H,6,9H2,1-3H3,(H,21,23). The third-order valence-corrected chi connectivity index (χ3v) is 4.49. The van der Waals surface area contributed by atoms with Crippen LogP contribution in [0.3, 0.4) is 0 Å². The molecule has 5 nitrogen and oxygen atoms in total. The Hall–Kier alpha value is -2.34. The summed E-state index contributed by atoms with van der Waals surface area (Å²) in [4.78, 5) is 23.4. The maximum absolute atomic E-state index is 12.1. The SMILES string of the molecule is COc1cc(Br)c(CCC(=O)Nc2ccc(C(C)=O)cc2)cc1OC. The number of aryl methyl sites for hydroxylation is 1. The zero-order valence-electron chi connectivity index (χ0n) is 14.4. The Kier molecular flexibility index (Phi) is 6.58. The number of carbonyl (C=O) groups excluding carboxylic acids is 2. The van der Waals surface area contributed by atoms with Crippen molar-refractivity contribution in [2.45, 2.75) is 19.8 Å². The molecule has 0 aliphatic carbocycles. The van der Waals surface area contributed by atoms with E-state index in [1.54, 1.807) is 38.5 Å². The van der Waals surface area contributed by atoms with E-state index in [4.69, 9.17) is 9.47 Å². The Labute approximate surface area is 155 Å². The number of hydrogen-bond donors (Lipinski definition) is 1. The lowest BCUT2D eigenvalue weighted by molar-refractivity contribution is -0.116. The summed E-state index contributed by atoms with van der Waals surface area (Å²) in [6.07, 6.45) is 0.876. The van der Waals surface area contributed by atoms with Crippen LogP contribution in [0.4, 0.5) is 5.69 Å². The van der Waals surface area contributed by atoms with Crippen molar-refractivity contribution in [1.29, 1.82) is 0 Å². The molecule has 0 atom stereocenters. The molecular formula is C19H20BrNO4. The first-order valence-corrected chi connectivity index (χ1v) is 8.55. The van der Waals surface area contributed by atoms with Crippen LogP contribution in [-0.4, -0.2) is 25.9 Å². The number of rotatable bonds is 7. The molecule has 0 aromatic heterocycles. The molecule has 0 spiro atoms. The van der Waals surface area contributed by atoms with Crippen molar-refractivity contribution in [3.8, 4) is 11.5 Å². The van der Waals surface area contributed by atoms with Crippen molar-refractivity contribution in [2.24, 2.45) is 0 Å². The van der Waals surface area contributed by atoms with Crippen LogP contribution in [0, 0.1) is 0 Å². The number of halogens is 1. The molecule has 0 aliphatic rings. The number of nitrogens with one attached hydrogen (secondary N) is 1. The van der Waals surface area contributed by atoms with Gasteiger partial charge in [-0.2, -0.15) is 0 Å². The van der Waals surface area contributed by atoms with E-state index in [0.29, 0.717) is 35.6 Å². The van der Waals surface area contributed by atoms with E-state index in [2.05, 4.69) is 21.2 Å². The number of benzene rings is 2. The Morgan fingerprint density at radius 2 is 1.64 bits per heavy atom. The van der Waals surface area contributed by atoms with Gasteiger partial charge in [0.25, 0.3) is 0 Å². The van der Waals surface area contributed by atoms with Crippen LogP contribution in [0.5, 0.6) is 11.5 Å². The molecule has 0 saturated heterocycles. The molecule has 25 heavy (non-hydrogen) atoms. The van der Waals surface area contributed by atoms with Crippen LogP contribution < -0.4 is 14.8 Å². The summed E-state index contributed by atoms with van der Waals surface area (Å²) in [6, 6.07) is 10.5. The van der Waals surface area contributed by atoms with E-state index < -0.39 is 0 Å². The van der Waals surface area contributed by atoms with Crippen molar-refractivity contribution in [2.75, 3.05) is 19.5 Å². The largest absolute Gasteiger partial charge is 0.493 e. The van der Waals surface area contributed by atoms with Gasteiger partial charge in [0, 0.05) is 22.1 Å². The van der Waals surface area contributed by atoms with Crippen LogP contribution in [-0.2, 0) is 11.2 Å². The van der Waals surface area contributed by atoms with Crippen molar-refractivity contribution in [1.82, 2.24) is 0 Å². The highest BCUT2D eigenvalue weighted by Crippen LogP contribution is 2.33. The summed E-state index contributed by atoms with van der Waals surface area (Å²) in [5.74, 6) is 1.16. The van der Waals surface area contributed by atoms with Crippen molar-refractivity contribution in [3.05, 3.63) is 52.0 Å². The molecule has 1 amide bonds. The third kappa shape index (κ3) is 5.06. The average Bonchev–Trinajstić information content (AvgIpc) is 2.60. The quantitative estimate of drug-likeness (QED) is 0.699. The van der Waals surface area contributed by atoms with Gasteiger partial charge in [-0.15, -0.1) is 0 Å². The molecule has 0 unspecified atom stereocenters. The summed E-state index contributed by atoms with van der Waals surface area (Å²) in [7, 11) is 3.15. The van der Waals surface area contributed by atoms with Crippen LogP contribution in [0.1, 0.15) is 29.3 Å². The third-order valence-electron chi connectivity index (χ3n) is 3.75. The van der Waals surface area contributed by atoms with Gasteiger partial charge in [-0.3, -0.25) is 9.59 Å². The second-order valence-corrected chi connectivity index (χ2v) is 6.33. The van der Waals surface area contributed by atoms with Crippen LogP contribution in [0.25, 0.3) is 0 Å². The van der Waals surface area contributed by atoms with E-state index in [1.807, 2.05) is 12.1 Å². The molecule has 0 radical (unpaired) electrons. The number of ether oxygens (including phenoxy) is 2. The number of ketones is 1. The summed E-state index contributed by atoms with van der Waals surface area (Å²) in [5, 5.41) is 2.83. The highest BCUT2D eigenvalue weighted by Gasteiger charge is 2.11. The summed E-state index contributed by atoms with van der Waals surface area (Å²) >= 11 is 3.49. The van der Waals surface area contributed by atoms with Gasteiger partial charge < -0.3 is 14.8 Å². The smallest absolute Gasteiger partial charge is 0.224 e. The first-order valence-electron chi connectivity index (χ1n) is 7.76. The molecule has 1 N–H and O–H groups in total. The lowest BCUT2D eigenvalue weighted by Gasteiger charge is -2.12. The molecule has 2 aromatic carbocycles. The van der Waals surface area contributed by atoms with E-state index in [1.165, 1.54) is 6.92 Å². The lowest BCUT2D eigenvalue weighted by Crippen LogP contribution is -2.12. The van der Waals surface area contributed by atoms with Gasteiger partial charge in [-0.25, -0.2) is 0 Å². The van der Waals surface area contributed by atoms with Crippen molar-refractivity contribution in [3.63, 3.8) is 0 Å². The maximum Gasteiger partial charge on any atom is 0.224 e. The predicted octanol–water partition coefficient (Wildman–Crippen LogP) is 4.24. The normalized spacial score (nSPS) is 10.2. The molecule has 2 aromatic rings. The zero-order valence-corrected chi connectivity index (χ0v) is 16.0. The van der Waals surface area contributed by atoms with Crippen molar-refractivity contribution < 1.29 is 19.1 Å². The van der Waals surface area contributed by atoms with Gasteiger partial charge in [-0.1, -0.05) is 15.9 Å². The molecule has 6 heteroatoms. The Morgan fingerprint density at radius 3 is 2.20 bits per heavy atom. The zero-order chi connectivity index (χ0) is 18.4. The average molecular weight is 406 g/mol. The minimum Gasteiger partial charge on any atom is -0.493 e. The number of Topliss-reactive ketones (excluding diaryl/α,β-unsaturated/α-hetero) is 1. The molecule has 0 heterocycles. The second-order valence-electron chi connectivity index (χ2n) is 5.48. The van der Waals surface area contributed by atoms with E-state index in [9.17, 15) is 9.59 Å². The van der Waals surface area contributed by atoms with Gasteiger partial charge in [0.15, 0.2) is 17.3 Å². The number of methoxy groups -OCH3 is 2. The first kappa shape index (κ1) is 19.0. The number of hydrogen-bond acceptors (Lipinski definition) is 4. The van der Waals surface area contributed by atoms with Gasteiger partial charge >= 0.3 is 0 Å². The predicted molar refractivity (Wildman–Crippen MR) is 101 cm³/mol. The van der Waals surface area contributed by atoms with Gasteiger partial charge in [-0.05, 0) is 55.3 Å². The summed E-state index contributed by atoms with van der Waals surface area (Å²) in [6.45, 7) is 1.51. The fraction of sp³-hybridized carbons (Fsp3) is 0.263. The Morgan fingerprint density at radius 1 is 1.04 bits per heavy atom. The van der Waals surface area contributed by atoms with Gasteiger partial charge in [0.1, 0.15) is 0 Å². The minimum absolute atomic E-state index is 0.00354. The van der Waals surface area contributed by atoms with Crippen molar-refractivity contribution >= 4 is 33.3 Å². The fourth-order valence-corrected chi connectivity index (χ4v) is 2.87. The monoisotopic (exact) mass is 405 g/mol. The number of carbonyl (C=O) groups is 2. The molecular weight excluding hydrogens is 386 g/mol. The van der Waals surface area contributed by atoms with Gasteiger partial charge in [0.2, 0.25) is 5.91 Å². The molecule has 0 saturated carbocycles. The highest BCUT2D eigenvalue weighted by molar-refractivity contribution is 9.10. The molecule has 132 valence electrons. The molecule has 0 aliphatic heterocycles. The molecule has 2 rings (SSSR count). The molecule has 0 fully saturated rings. The lowest BCUT2D eigenvalue weighted by atomic mass is 10.1. The number of anilines is 1. The van der Waals surface area contributed by atoms with E-state index in [0.717, 1.165) is 10.0 Å². The second kappa shape index (κ2) is 8.67. The van der Waals surface area contributed by atoms with Crippen LogP contribution in [0.2, 0.25) is 0 Å².